The van der Waals surface area contributed by atoms with Crippen LogP contribution in [0.3, 0.4) is 0 Å². The van der Waals surface area contributed by atoms with E-state index in [1.807, 2.05) is 12.2 Å². The van der Waals surface area contributed by atoms with Crippen molar-refractivity contribution in [3.8, 4) is 0 Å². The van der Waals surface area contributed by atoms with Gasteiger partial charge in [0.1, 0.15) is 0 Å². The lowest BCUT2D eigenvalue weighted by atomic mass is 10.1. The smallest absolute Gasteiger partial charge is 0.358 e. The van der Waals surface area contributed by atoms with Gasteiger partial charge < -0.3 is 20.2 Å². The highest BCUT2D eigenvalue weighted by atomic mass is 16.7. The van der Waals surface area contributed by atoms with Crippen molar-refractivity contribution in [2.45, 2.75) is 6.04 Å². The summed E-state index contributed by atoms with van der Waals surface area (Å²) in [5.41, 5.74) is 0.499. The third-order valence-electron chi connectivity index (χ3n) is 3.06. The van der Waals surface area contributed by atoms with Crippen LogP contribution in [-0.4, -0.2) is 25.0 Å². The first-order chi connectivity index (χ1) is 11.1. The largest absolute Gasteiger partial charge is 0.483 e. The summed E-state index contributed by atoms with van der Waals surface area (Å²) in [6.45, 7) is 0. The lowest BCUT2D eigenvalue weighted by Gasteiger charge is -2.17. The monoisotopic (exact) mass is 315 g/mol. The molecule has 1 aliphatic heterocycles. The van der Waals surface area contributed by atoms with Gasteiger partial charge in [-0.3, -0.25) is 4.79 Å². The minimum atomic E-state index is -0.725. The average molecular weight is 315 g/mol. The zero-order chi connectivity index (χ0) is 16.7. The van der Waals surface area contributed by atoms with Crippen LogP contribution in [0.5, 0.6) is 0 Å². The molecule has 0 spiro atoms. The van der Waals surface area contributed by atoms with Crippen LogP contribution in [0.2, 0.25) is 0 Å². The summed E-state index contributed by atoms with van der Waals surface area (Å²) in [5, 5.41) is 5.67. The molecule has 0 fully saturated rings. The Morgan fingerprint density at radius 3 is 2.87 bits per heavy atom. The Bertz CT molecular complexity index is 680. The van der Waals surface area contributed by atoms with Gasteiger partial charge in [0.25, 0.3) is 0 Å². The highest BCUT2D eigenvalue weighted by molar-refractivity contribution is 6.04. The number of nitrogens with one attached hydrogen (secondary N) is 2. The van der Waals surface area contributed by atoms with Crippen LogP contribution in [0.1, 0.15) is 10.4 Å². The van der Waals surface area contributed by atoms with Crippen LogP contribution in [0.4, 0.5) is 5.69 Å². The van der Waals surface area contributed by atoms with E-state index in [4.69, 9.17) is 10.6 Å². The maximum Gasteiger partial charge on any atom is 0.358 e. The second-order valence-corrected chi connectivity index (χ2v) is 4.59. The molecular formula is C16H17N3O4. The molecule has 1 heterocycles. The van der Waals surface area contributed by atoms with Gasteiger partial charge in [0.15, 0.2) is 5.88 Å². The molecule has 23 heavy (non-hydrogen) atoms. The topological polar surface area (TPSA) is 103 Å². The van der Waals surface area contributed by atoms with Gasteiger partial charge in [-0.1, -0.05) is 30.4 Å². The number of amides is 1. The number of methoxy groups -OCH3 is 1. The molecular weight excluding hydrogens is 298 g/mol. The summed E-state index contributed by atoms with van der Waals surface area (Å²) < 4.78 is 5.08. The Hall–Kier alpha value is -3.06. The van der Waals surface area contributed by atoms with Crippen LogP contribution in [-0.2, 0) is 14.4 Å². The fourth-order valence-electron chi connectivity index (χ4n) is 1.96. The third-order valence-corrected chi connectivity index (χ3v) is 3.06. The van der Waals surface area contributed by atoms with E-state index in [1.165, 1.54) is 12.1 Å². The number of carbonyl (C=O) groups excluding carboxylic acids is 2. The number of para-hydroxylation sites is 1. The number of carbonyl (C=O) groups is 2. The lowest BCUT2D eigenvalue weighted by molar-refractivity contribution is -0.111. The van der Waals surface area contributed by atoms with Crippen molar-refractivity contribution >= 4 is 17.6 Å². The zero-order valence-electron chi connectivity index (χ0n) is 12.5. The normalized spacial score (nSPS) is 16.4. The standard InChI is InChI=1S/C16H17N3O4/c1-22-15-8-4-5-11(18-15)9-10-14(20)19-13-7-3-2-6-12(13)16(21)23-17/h2-11,18H,17H2,1H3,(H,19,20)/b10-9+. The van der Waals surface area contributed by atoms with Gasteiger partial charge in [-0.25, -0.2) is 4.79 Å². The number of anilines is 1. The number of benzene rings is 1. The molecule has 1 aliphatic rings. The maximum atomic E-state index is 12.0. The van der Waals surface area contributed by atoms with E-state index in [-0.39, 0.29) is 17.5 Å². The first kappa shape index (κ1) is 16.3. The summed E-state index contributed by atoms with van der Waals surface area (Å²) >= 11 is 0. The van der Waals surface area contributed by atoms with Crippen molar-refractivity contribution in [2.24, 2.45) is 5.90 Å². The number of hydrogen-bond donors (Lipinski definition) is 3. The third kappa shape index (κ3) is 4.45. The minimum absolute atomic E-state index is 0.162. The van der Waals surface area contributed by atoms with Crippen LogP contribution in [0.15, 0.2) is 60.5 Å². The molecule has 0 aliphatic carbocycles. The van der Waals surface area contributed by atoms with Gasteiger partial charge in [0.2, 0.25) is 5.91 Å². The van der Waals surface area contributed by atoms with E-state index >= 15 is 0 Å². The second kappa shape index (κ2) is 7.81. The van der Waals surface area contributed by atoms with Gasteiger partial charge in [0, 0.05) is 6.08 Å². The Morgan fingerprint density at radius 2 is 2.13 bits per heavy atom. The van der Waals surface area contributed by atoms with Crippen molar-refractivity contribution in [3.63, 3.8) is 0 Å². The molecule has 120 valence electrons. The summed E-state index contributed by atoms with van der Waals surface area (Å²) in [7, 11) is 1.55. The number of allylic oxidation sites excluding steroid dienone is 2. The molecule has 2 rings (SSSR count). The van der Waals surface area contributed by atoms with E-state index in [9.17, 15) is 9.59 Å². The van der Waals surface area contributed by atoms with Gasteiger partial charge in [0.05, 0.1) is 24.4 Å². The predicted molar refractivity (Wildman–Crippen MR) is 85.0 cm³/mol. The number of nitrogens with two attached hydrogens (primary N) is 1. The molecule has 0 bridgehead atoms. The van der Waals surface area contributed by atoms with Crippen molar-refractivity contribution in [3.05, 3.63) is 66.1 Å². The van der Waals surface area contributed by atoms with Crippen LogP contribution in [0, 0.1) is 0 Å². The lowest BCUT2D eigenvalue weighted by Crippen LogP contribution is -2.27. The van der Waals surface area contributed by atoms with E-state index in [0.717, 1.165) is 0 Å². The summed E-state index contributed by atoms with van der Waals surface area (Å²) in [6.07, 6.45) is 8.51. The first-order valence-corrected chi connectivity index (χ1v) is 6.82. The quantitative estimate of drug-likeness (QED) is 0.558. The fourth-order valence-corrected chi connectivity index (χ4v) is 1.96. The molecule has 7 heteroatoms. The Balaban J connectivity index is 2.01. The Labute approximate surface area is 133 Å². The number of hydrogen-bond acceptors (Lipinski definition) is 6. The van der Waals surface area contributed by atoms with Crippen LogP contribution in [0.25, 0.3) is 0 Å². The van der Waals surface area contributed by atoms with Crippen molar-refractivity contribution in [2.75, 3.05) is 12.4 Å². The van der Waals surface area contributed by atoms with Crippen LogP contribution >= 0.6 is 0 Å². The summed E-state index contributed by atoms with van der Waals surface area (Å²) in [6, 6.07) is 6.27. The molecule has 1 amide bonds. The molecule has 1 atom stereocenters. The highest BCUT2D eigenvalue weighted by Gasteiger charge is 2.13. The van der Waals surface area contributed by atoms with E-state index < -0.39 is 5.97 Å². The number of dihydropyridines is 1. The molecule has 1 aromatic carbocycles. The second-order valence-electron chi connectivity index (χ2n) is 4.59. The van der Waals surface area contributed by atoms with Crippen molar-refractivity contribution < 1.29 is 19.2 Å². The average Bonchev–Trinajstić information content (AvgIpc) is 2.60. The van der Waals surface area contributed by atoms with Gasteiger partial charge >= 0.3 is 5.97 Å². The van der Waals surface area contributed by atoms with Crippen molar-refractivity contribution in [1.29, 1.82) is 0 Å². The van der Waals surface area contributed by atoms with Crippen molar-refractivity contribution in [1.82, 2.24) is 5.32 Å². The van der Waals surface area contributed by atoms with E-state index in [1.54, 1.807) is 37.5 Å². The fraction of sp³-hybridized carbons (Fsp3) is 0.125. The molecule has 4 N–H and O–H groups in total. The molecule has 7 nitrogen and oxygen atoms in total. The minimum Gasteiger partial charge on any atom is -0.483 e. The number of rotatable bonds is 5. The van der Waals surface area contributed by atoms with Gasteiger partial charge in [-0.15, -0.1) is 0 Å². The van der Waals surface area contributed by atoms with E-state index in [2.05, 4.69) is 15.5 Å². The Kier molecular flexibility index (Phi) is 5.54. The maximum absolute atomic E-state index is 12.0. The van der Waals surface area contributed by atoms with Crippen LogP contribution < -0.4 is 16.5 Å². The molecule has 1 aromatic rings. The highest BCUT2D eigenvalue weighted by Crippen LogP contribution is 2.15. The summed E-state index contributed by atoms with van der Waals surface area (Å²) in [4.78, 5) is 27.7. The van der Waals surface area contributed by atoms with Gasteiger partial charge in [-0.05, 0) is 18.2 Å². The molecule has 1 unspecified atom stereocenters. The molecule has 0 radical (unpaired) electrons. The summed E-state index contributed by atoms with van der Waals surface area (Å²) in [5.74, 6) is 4.38. The SMILES string of the molecule is COC1=CC=CC(/C=C/C(=O)Nc2ccccc2C(=O)ON)N1. The predicted octanol–water partition coefficient (Wildman–Crippen LogP) is 1.23. The molecule has 0 aromatic heterocycles. The van der Waals surface area contributed by atoms with E-state index in [0.29, 0.717) is 11.6 Å². The number of ether oxygens (including phenoxy) is 1. The Morgan fingerprint density at radius 1 is 1.35 bits per heavy atom. The first-order valence-electron chi connectivity index (χ1n) is 6.82. The van der Waals surface area contributed by atoms with Gasteiger partial charge in [-0.2, -0.15) is 5.90 Å². The molecule has 0 saturated carbocycles. The zero-order valence-corrected chi connectivity index (χ0v) is 12.5. The molecule has 0 saturated heterocycles.